The molecular weight excluding hydrogens is 258 g/mol. The maximum absolute atomic E-state index is 11.4. The second-order valence-corrected chi connectivity index (χ2v) is 7.02. The van der Waals surface area contributed by atoms with Gasteiger partial charge < -0.3 is 5.32 Å². The number of hydrogen-bond acceptors (Lipinski definition) is 3. The molecular formula is C15H19NO2S. The van der Waals surface area contributed by atoms with Crippen LogP contribution in [0, 0.1) is 0 Å². The molecule has 0 aliphatic carbocycles. The van der Waals surface area contributed by atoms with Gasteiger partial charge in [0.2, 0.25) is 0 Å². The molecule has 0 amide bonds. The maximum atomic E-state index is 11.4. The number of hydrogen-bond donors (Lipinski definition) is 1. The lowest BCUT2D eigenvalue weighted by atomic mass is 10.1. The molecule has 0 aliphatic rings. The van der Waals surface area contributed by atoms with Crippen molar-refractivity contribution < 1.29 is 8.42 Å². The average Bonchev–Trinajstić information content (AvgIpc) is 2.44. The largest absolute Gasteiger partial charge is 0.385 e. The van der Waals surface area contributed by atoms with Crippen LogP contribution in [0.15, 0.2) is 42.5 Å². The molecule has 2 aromatic rings. The lowest BCUT2D eigenvalue weighted by molar-refractivity contribution is 0.595. The maximum Gasteiger partial charge on any atom is 0.150 e. The molecule has 0 unspecified atom stereocenters. The van der Waals surface area contributed by atoms with E-state index in [0.29, 0.717) is 13.0 Å². The van der Waals surface area contributed by atoms with Crippen molar-refractivity contribution in [1.82, 2.24) is 0 Å². The van der Waals surface area contributed by atoms with Crippen LogP contribution in [0.1, 0.15) is 13.3 Å². The normalized spacial score (nSPS) is 11.6. The van der Waals surface area contributed by atoms with Crippen molar-refractivity contribution in [3.63, 3.8) is 0 Å². The molecule has 4 heteroatoms. The highest BCUT2D eigenvalue weighted by Gasteiger charge is 2.06. The number of fused-ring (bicyclic) bond motifs is 1. The van der Waals surface area contributed by atoms with E-state index < -0.39 is 9.84 Å². The minimum Gasteiger partial charge on any atom is -0.385 e. The molecule has 102 valence electrons. The summed E-state index contributed by atoms with van der Waals surface area (Å²) >= 11 is 0. The summed E-state index contributed by atoms with van der Waals surface area (Å²) in [4.78, 5) is 0. The molecule has 19 heavy (non-hydrogen) atoms. The van der Waals surface area contributed by atoms with Gasteiger partial charge in [0.25, 0.3) is 0 Å². The third-order valence-corrected chi connectivity index (χ3v) is 4.97. The van der Waals surface area contributed by atoms with Crippen LogP contribution in [-0.4, -0.2) is 26.5 Å². The summed E-state index contributed by atoms with van der Waals surface area (Å²) in [6.07, 6.45) is 0.638. The van der Waals surface area contributed by atoms with Crippen molar-refractivity contribution in [2.45, 2.75) is 13.3 Å². The summed E-state index contributed by atoms with van der Waals surface area (Å²) in [6.45, 7) is 2.36. The first-order chi connectivity index (χ1) is 9.12. The quantitative estimate of drug-likeness (QED) is 0.825. The number of anilines is 1. The van der Waals surface area contributed by atoms with Crippen LogP contribution in [0.2, 0.25) is 0 Å². The Morgan fingerprint density at radius 1 is 1.05 bits per heavy atom. The zero-order valence-corrected chi connectivity index (χ0v) is 11.9. The fourth-order valence-corrected chi connectivity index (χ4v) is 2.91. The number of sulfone groups is 1. The van der Waals surface area contributed by atoms with Gasteiger partial charge in [-0.25, -0.2) is 8.42 Å². The SMILES string of the molecule is CCS(=O)(=O)CCCNc1cccc2ccccc12. The second kappa shape index (κ2) is 6.06. The van der Waals surface area contributed by atoms with Crippen molar-refractivity contribution in [2.24, 2.45) is 0 Å². The molecule has 0 fully saturated rings. The highest BCUT2D eigenvalue weighted by atomic mass is 32.2. The molecule has 0 saturated heterocycles. The van der Waals surface area contributed by atoms with E-state index in [1.54, 1.807) is 6.92 Å². The Kier molecular flexibility index (Phi) is 4.43. The topological polar surface area (TPSA) is 46.2 Å². The van der Waals surface area contributed by atoms with Crippen LogP contribution >= 0.6 is 0 Å². The Hall–Kier alpha value is -1.55. The summed E-state index contributed by atoms with van der Waals surface area (Å²) in [6, 6.07) is 14.3. The fourth-order valence-electron chi connectivity index (χ4n) is 2.04. The predicted octanol–water partition coefficient (Wildman–Crippen LogP) is 3.08. The summed E-state index contributed by atoms with van der Waals surface area (Å²) in [5.41, 5.74) is 1.06. The molecule has 0 atom stereocenters. The Balaban J connectivity index is 1.99. The summed E-state index contributed by atoms with van der Waals surface area (Å²) in [5.74, 6) is 0.475. The Bertz CT molecular complexity index is 645. The van der Waals surface area contributed by atoms with Crippen molar-refractivity contribution in [3.05, 3.63) is 42.5 Å². The van der Waals surface area contributed by atoms with E-state index in [4.69, 9.17) is 0 Å². The summed E-state index contributed by atoms with van der Waals surface area (Å²) in [7, 11) is -2.86. The van der Waals surface area contributed by atoms with Crippen LogP contribution in [0.5, 0.6) is 0 Å². The highest BCUT2D eigenvalue weighted by Crippen LogP contribution is 2.22. The monoisotopic (exact) mass is 277 g/mol. The molecule has 0 radical (unpaired) electrons. The standard InChI is InChI=1S/C15H19NO2S/c1-2-19(17,18)12-6-11-16-15-10-5-8-13-7-3-4-9-14(13)15/h3-5,7-10,16H,2,6,11-12H2,1H3. The van der Waals surface area contributed by atoms with E-state index in [1.165, 1.54) is 10.8 Å². The van der Waals surface area contributed by atoms with Crippen LogP contribution in [0.3, 0.4) is 0 Å². The minimum absolute atomic E-state index is 0.223. The van der Waals surface area contributed by atoms with Gasteiger partial charge in [-0.3, -0.25) is 0 Å². The van der Waals surface area contributed by atoms with Gasteiger partial charge in [0.1, 0.15) is 9.84 Å². The third-order valence-electron chi connectivity index (χ3n) is 3.18. The van der Waals surface area contributed by atoms with Crippen molar-refractivity contribution >= 4 is 26.3 Å². The Morgan fingerprint density at radius 3 is 2.58 bits per heavy atom. The molecule has 0 bridgehead atoms. The van der Waals surface area contributed by atoms with Crippen molar-refractivity contribution in [3.8, 4) is 0 Å². The smallest absolute Gasteiger partial charge is 0.150 e. The van der Waals surface area contributed by atoms with E-state index in [9.17, 15) is 8.42 Å². The van der Waals surface area contributed by atoms with E-state index in [1.807, 2.05) is 24.3 Å². The van der Waals surface area contributed by atoms with E-state index in [2.05, 4.69) is 23.5 Å². The molecule has 0 saturated carbocycles. The summed E-state index contributed by atoms with van der Waals surface area (Å²) < 4.78 is 22.8. The van der Waals surface area contributed by atoms with Crippen LogP contribution < -0.4 is 5.32 Å². The number of rotatable bonds is 6. The number of nitrogens with one attached hydrogen (secondary N) is 1. The molecule has 0 aromatic heterocycles. The molecule has 3 nitrogen and oxygen atoms in total. The second-order valence-electron chi connectivity index (χ2n) is 4.54. The Morgan fingerprint density at radius 2 is 1.79 bits per heavy atom. The first-order valence-electron chi connectivity index (χ1n) is 6.54. The molecule has 0 spiro atoms. The lowest BCUT2D eigenvalue weighted by Crippen LogP contribution is -2.13. The van der Waals surface area contributed by atoms with Gasteiger partial charge in [-0.2, -0.15) is 0 Å². The van der Waals surface area contributed by atoms with Gasteiger partial charge in [-0.1, -0.05) is 43.3 Å². The predicted molar refractivity (Wildman–Crippen MR) is 81.4 cm³/mol. The lowest BCUT2D eigenvalue weighted by Gasteiger charge is -2.09. The van der Waals surface area contributed by atoms with Gasteiger partial charge >= 0.3 is 0 Å². The zero-order chi connectivity index (χ0) is 13.7. The molecule has 0 heterocycles. The van der Waals surface area contributed by atoms with Gasteiger partial charge in [-0.15, -0.1) is 0 Å². The summed E-state index contributed by atoms with van der Waals surface area (Å²) in [5, 5.41) is 5.68. The molecule has 1 N–H and O–H groups in total. The fraction of sp³-hybridized carbons (Fsp3) is 0.333. The first kappa shape index (κ1) is 13.9. The zero-order valence-electron chi connectivity index (χ0n) is 11.1. The number of benzene rings is 2. The van der Waals surface area contributed by atoms with Gasteiger partial charge in [0, 0.05) is 23.4 Å². The van der Waals surface area contributed by atoms with Crippen LogP contribution in [0.4, 0.5) is 5.69 Å². The molecule has 2 rings (SSSR count). The van der Waals surface area contributed by atoms with E-state index >= 15 is 0 Å². The van der Waals surface area contributed by atoms with Crippen LogP contribution in [0.25, 0.3) is 10.8 Å². The van der Waals surface area contributed by atoms with Gasteiger partial charge in [-0.05, 0) is 17.9 Å². The Labute approximate surface area is 114 Å². The van der Waals surface area contributed by atoms with Crippen molar-refractivity contribution in [2.75, 3.05) is 23.4 Å². The minimum atomic E-state index is -2.86. The molecule has 0 aliphatic heterocycles. The van der Waals surface area contributed by atoms with Gasteiger partial charge in [0.15, 0.2) is 0 Å². The highest BCUT2D eigenvalue weighted by molar-refractivity contribution is 7.91. The van der Waals surface area contributed by atoms with Gasteiger partial charge in [0.05, 0.1) is 5.75 Å². The molecule has 2 aromatic carbocycles. The third kappa shape index (κ3) is 3.70. The van der Waals surface area contributed by atoms with Crippen LogP contribution in [-0.2, 0) is 9.84 Å². The first-order valence-corrected chi connectivity index (χ1v) is 8.36. The van der Waals surface area contributed by atoms with E-state index in [-0.39, 0.29) is 11.5 Å². The average molecular weight is 277 g/mol. The van der Waals surface area contributed by atoms with E-state index in [0.717, 1.165) is 5.69 Å². The van der Waals surface area contributed by atoms with Crippen molar-refractivity contribution in [1.29, 1.82) is 0 Å².